The molecule has 8 heteroatoms. The van der Waals surface area contributed by atoms with Gasteiger partial charge in [-0.1, -0.05) is 12.1 Å². The van der Waals surface area contributed by atoms with Crippen molar-refractivity contribution in [2.45, 2.75) is 0 Å². The summed E-state index contributed by atoms with van der Waals surface area (Å²) in [5, 5.41) is 0. The number of aryl methyl sites for hydroxylation is 1. The van der Waals surface area contributed by atoms with Gasteiger partial charge in [-0.25, -0.2) is 26.9 Å². The Kier molecular flexibility index (Phi) is 4.43. The third-order valence-electron chi connectivity index (χ3n) is 3.96. The Morgan fingerprint density at radius 1 is 0.885 bits per heavy atom. The van der Waals surface area contributed by atoms with Gasteiger partial charge in [0.1, 0.15) is 5.82 Å². The number of imidazole rings is 1. The van der Waals surface area contributed by atoms with Gasteiger partial charge in [-0.05, 0) is 12.1 Å². The standard InChI is InChI=1S/C18H14F5N3/c1-25(2)10-6-4-5-9(7-10)18-24-11(8-26(18)3)12-13(19)15(21)17(23)16(22)14(12)20/h4-8H,1-3H3. The minimum Gasteiger partial charge on any atom is -0.378 e. The maximum atomic E-state index is 14.0. The van der Waals surface area contributed by atoms with Crippen molar-refractivity contribution in [2.75, 3.05) is 19.0 Å². The van der Waals surface area contributed by atoms with E-state index < -0.39 is 34.6 Å². The van der Waals surface area contributed by atoms with Crippen molar-refractivity contribution in [2.24, 2.45) is 7.05 Å². The molecule has 0 saturated carbocycles. The second kappa shape index (κ2) is 6.44. The van der Waals surface area contributed by atoms with E-state index in [-0.39, 0.29) is 5.69 Å². The largest absolute Gasteiger partial charge is 0.378 e. The second-order valence-electron chi connectivity index (χ2n) is 5.95. The van der Waals surface area contributed by atoms with Crippen LogP contribution in [0.1, 0.15) is 0 Å². The summed E-state index contributed by atoms with van der Waals surface area (Å²) in [6, 6.07) is 7.16. The molecule has 0 radical (unpaired) electrons. The number of aromatic nitrogens is 2. The predicted molar refractivity (Wildman–Crippen MR) is 88.2 cm³/mol. The molecule has 1 aromatic heterocycles. The van der Waals surface area contributed by atoms with E-state index in [9.17, 15) is 22.0 Å². The molecule has 0 aliphatic heterocycles. The smallest absolute Gasteiger partial charge is 0.200 e. The molecule has 0 spiro atoms. The molecule has 3 rings (SSSR count). The molecule has 26 heavy (non-hydrogen) atoms. The summed E-state index contributed by atoms with van der Waals surface area (Å²) in [5.41, 5.74) is 0.106. The van der Waals surface area contributed by atoms with Gasteiger partial charge in [0.25, 0.3) is 0 Å². The zero-order valence-corrected chi connectivity index (χ0v) is 14.1. The molecule has 0 atom stereocenters. The highest BCUT2D eigenvalue weighted by atomic mass is 19.2. The van der Waals surface area contributed by atoms with Crippen molar-refractivity contribution < 1.29 is 22.0 Å². The van der Waals surface area contributed by atoms with Gasteiger partial charge in [0.2, 0.25) is 5.82 Å². The molecule has 3 nitrogen and oxygen atoms in total. The molecule has 2 aromatic carbocycles. The molecule has 0 aliphatic rings. The Morgan fingerprint density at radius 2 is 1.46 bits per heavy atom. The van der Waals surface area contributed by atoms with Crippen molar-refractivity contribution in [3.05, 3.63) is 59.5 Å². The van der Waals surface area contributed by atoms with Crippen LogP contribution < -0.4 is 4.90 Å². The zero-order valence-electron chi connectivity index (χ0n) is 14.1. The molecule has 1 heterocycles. The van der Waals surface area contributed by atoms with Gasteiger partial charge in [0.15, 0.2) is 23.3 Å². The lowest BCUT2D eigenvalue weighted by atomic mass is 10.1. The predicted octanol–water partition coefficient (Wildman–Crippen LogP) is 4.52. The first-order chi connectivity index (χ1) is 12.2. The maximum Gasteiger partial charge on any atom is 0.200 e. The number of hydrogen-bond acceptors (Lipinski definition) is 2. The molecule has 0 unspecified atom stereocenters. The van der Waals surface area contributed by atoms with Crippen molar-refractivity contribution in [1.82, 2.24) is 9.55 Å². The highest BCUT2D eigenvalue weighted by molar-refractivity contribution is 5.68. The van der Waals surface area contributed by atoms with Gasteiger partial charge in [-0.3, -0.25) is 0 Å². The number of anilines is 1. The first-order valence-electron chi connectivity index (χ1n) is 7.55. The molecule has 3 aromatic rings. The molecule has 0 aliphatic carbocycles. The van der Waals surface area contributed by atoms with E-state index in [4.69, 9.17) is 0 Å². The third-order valence-corrected chi connectivity index (χ3v) is 3.96. The van der Waals surface area contributed by atoms with Crippen LogP contribution in [0.2, 0.25) is 0 Å². The molecular formula is C18H14F5N3. The first-order valence-corrected chi connectivity index (χ1v) is 7.55. The van der Waals surface area contributed by atoms with Gasteiger partial charge in [-0.2, -0.15) is 0 Å². The van der Waals surface area contributed by atoms with Crippen LogP contribution >= 0.6 is 0 Å². The summed E-state index contributed by atoms with van der Waals surface area (Å²) < 4.78 is 69.7. The topological polar surface area (TPSA) is 21.1 Å². The van der Waals surface area contributed by atoms with Crippen molar-refractivity contribution in [3.8, 4) is 22.6 Å². The van der Waals surface area contributed by atoms with Gasteiger partial charge in [-0.15, -0.1) is 0 Å². The van der Waals surface area contributed by atoms with Crippen LogP contribution in [0.4, 0.5) is 27.6 Å². The summed E-state index contributed by atoms with van der Waals surface area (Å²) in [6.45, 7) is 0. The van der Waals surface area contributed by atoms with Crippen LogP contribution in [0.25, 0.3) is 22.6 Å². The molecule has 0 bridgehead atoms. The fourth-order valence-electron chi connectivity index (χ4n) is 2.61. The van der Waals surface area contributed by atoms with Crippen LogP contribution in [0.3, 0.4) is 0 Å². The van der Waals surface area contributed by atoms with E-state index in [0.717, 1.165) is 5.69 Å². The van der Waals surface area contributed by atoms with Crippen LogP contribution in [0.5, 0.6) is 0 Å². The monoisotopic (exact) mass is 367 g/mol. The van der Waals surface area contributed by atoms with E-state index in [1.807, 2.05) is 25.1 Å². The number of nitrogens with zero attached hydrogens (tertiary/aromatic N) is 3. The number of halogens is 5. The van der Waals surface area contributed by atoms with E-state index in [0.29, 0.717) is 11.4 Å². The van der Waals surface area contributed by atoms with Crippen molar-refractivity contribution >= 4 is 5.69 Å². The lowest BCUT2D eigenvalue weighted by molar-refractivity contribution is 0.381. The summed E-state index contributed by atoms with van der Waals surface area (Å²) in [5.74, 6) is -9.69. The molecular weight excluding hydrogens is 353 g/mol. The Bertz CT molecular complexity index is 966. The van der Waals surface area contributed by atoms with E-state index in [1.54, 1.807) is 25.2 Å². The maximum absolute atomic E-state index is 14.0. The fourth-order valence-corrected chi connectivity index (χ4v) is 2.61. The quantitative estimate of drug-likeness (QED) is 0.386. The highest BCUT2D eigenvalue weighted by Gasteiger charge is 2.28. The van der Waals surface area contributed by atoms with Gasteiger partial charge < -0.3 is 9.47 Å². The Morgan fingerprint density at radius 3 is 2.04 bits per heavy atom. The molecule has 0 fully saturated rings. The van der Waals surface area contributed by atoms with Crippen LogP contribution in [-0.2, 0) is 7.05 Å². The van der Waals surface area contributed by atoms with E-state index in [2.05, 4.69) is 4.98 Å². The summed E-state index contributed by atoms with van der Waals surface area (Å²) in [6.07, 6.45) is 1.22. The Hall–Kier alpha value is -2.90. The van der Waals surface area contributed by atoms with Crippen LogP contribution in [-0.4, -0.2) is 23.6 Å². The number of rotatable bonds is 3. The number of hydrogen-bond donors (Lipinski definition) is 0. The van der Waals surface area contributed by atoms with Crippen molar-refractivity contribution in [3.63, 3.8) is 0 Å². The Labute approximate surface area is 146 Å². The average Bonchev–Trinajstić information content (AvgIpc) is 3.00. The van der Waals surface area contributed by atoms with Crippen LogP contribution in [0.15, 0.2) is 30.5 Å². The number of benzene rings is 2. The van der Waals surface area contributed by atoms with Gasteiger partial charge >= 0.3 is 0 Å². The van der Waals surface area contributed by atoms with E-state index >= 15 is 0 Å². The summed E-state index contributed by atoms with van der Waals surface area (Å²) in [4.78, 5) is 5.95. The minimum atomic E-state index is -2.20. The molecule has 0 amide bonds. The minimum absolute atomic E-state index is 0.327. The van der Waals surface area contributed by atoms with Gasteiger partial charge in [0.05, 0.1) is 11.3 Å². The molecule has 0 saturated heterocycles. The molecule has 136 valence electrons. The van der Waals surface area contributed by atoms with Crippen LogP contribution in [0, 0.1) is 29.1 Å². The zero-order chi connectivity index (χ0) is 19.2. The summed E-state index contributed by atoms with van der Waals surface area (Å²) in [7, 11) is 5.26. The lowest BCUT2D eigenvalue weighted by Gasteiger charge is -2.13. The first kappa shape index (κ1) is 17.9. The molecule has 0 N–H and O–H groups in total. The fraction of sp³-hybridized carbons (Fsp3) is 0.167. The summed E-state index contributed by atoms with van der Waals surface area (Å²) >= 11 is 0. The SMILES string of the molecule is CN(C)c1cccc(-c2nc(-c3c(F)c(F)c(F)c(F)c3F)cn2C)c1. The lowest BCUT2D eigenvalue weighted by Crippen LogP contribution is -2.08. The normalized spacial score (nSPS) is 11.1. The average molecular weight is 367 g/mol. The van der Waals surface area contributed by atoms with E-state index in [1.165, 1.54) is 10.8 Å². The highest BCUT2D eigenvalue weighted by Crippen LogP contribution is 2.33. The Balaban J connectivity index is 2.18. The second-order valence-corrected chi connectivity index (χ2v) is 5.95. The van der Waals surface area contributed by atoms with Crippen molar-refractivity contribution in [1.29, 1.82) is 0 Å². The third kappa shape index (κ3) is 2.81. The van der Waals surface area contributed by atoms with Gasteiger partial charge in [0, 0.05) is 38.6 Å².